The first-order valence-electron chi connectivity index (χ1n) is 1.84. The van der Waals surface area contributed by atoms with E-state index in [0.717, 1.165) is 0 Å². The third-order valence-electron chi connectivity index (χ3n) is 0.562. The van der Waals surface area contributed by atoms with Gasteiger partial charge in [0.2, 0.25) is 0 Å². The van der Waals surface area contributed by atoms with Crippen LogP contribution in [0, 0.1) is 0 Å². The second kappa shape index (κ2) is 3.42. The lowest BCUT2D eigenvalue weighted by molar-refractivity contribution is -0.111. The van der Waals surface area contributed by atoms with E-state index >= 15 is 0 Å². The Bertz CT molecular complexity index is 77.3. The summed E-state index contributed by atoms with van der Waals surface area (Å²) in [5.41, 5.74) is 5.08. The molecule has 0 aliphatic carbocycles. The second-order valence-electron chi connectivity index (χ2n) is 1.19. The molecule has 42 valence electrons. The van der Waals surface area contributed by atoms with Crippen molar-refractivity contribution in [2.75, 3.05) is 5.75 Å². The van der Waals surface area contributed by atoms with Gasteiger partial charge in [-0.25, -0.2) is 0 Å². The van der Waals surface area contributed by atoms with E-state index in [2.05, 4.69) is 12.6 Å². The van der Waals surface area contributed by atoms with E-state index in [1.807, 2.05) is 9.24 Å². The Kier molecular flexibility index (Phi) is 3.62. The van der Waals surface area contributed by atoms with Crippen LogP contribution in [0.1, 0.15) is 0 Å². The first-order chi connectivity index (χ1) is 3.18. The SMILES string of the molecule is NC(CS)C(=O)P. The van der Waals surface area contributed by atoms with Gasteiger partial charge in [-0.3, -0.25) is 4.79 Å². The first kappa shape index (κ1) is 7.41. The van der Waals surface area contributed by atoms with Crippen molar-refractivity contribution in [3.8, 4) is 0 Å². The zero-order chi connectivity index (χ0) is 5.86. The molecule has 0 aliphatic rings. The van der Waals surface area contributed by atoms with Crippen LogP contribution in [0.15, 0.2) is 0 Å². The van der Waals surface area contributed by atoms with Gasteiger partial charge in [0.1, 0.15) is 0 Å². The average Bonchev–Trinajstić information content (AvgIpc) is 1.65. The molecule has 0 saturated carbocycles. The second-order valence-corrected chi connectivity index (χ2v) is 2.13. The molecule has 0 amide bonds. The molecule has 2 atom stereocenters. The monoisotopic (exact) mass is 137 g/mol. The van der Waals surface area contributed by atoms with Gasteiger partial charge in [0.05, 0.1) is 6.04 Å². The van der Waals surface area contributed by atoms with E-state index in [0.29, 0.717) is 5.75 Å². The summed E-state index contributed by atoms with van der Waals surface area (Å²) in [6.45, 7) is 0. The van der Waals surface area contributed by atoms with E-state index in [9.17, 15) is 4.79 Å². The fourth-order valence-electron chi connectivity index (χ4n) is 0.0900. The molecule has 0 aromatic carbocycles. The summed E-state index contributed by atoms with van der Waals surface area (Å²) < 4.78 is 0. The number of nitrogens with two attached hydrogens (primary N) is 1. The maximum Gasteiger partial charge on any atom is 0.165 e. The quantitative estimate of drug-likeness (QED) is 0.403. The highest BCUT2D eigenvalue weighted by Crippen LogP contribution is 1.91. The molecule has 0 heterocycles. The van der Waals surface area contributed by atoms with Gasteiger partial charge in [0, 0.05) is 5.75 Å². The maximum atomic E-state index is 10.2. The van der Waals surface area contributed by atoms with Crippen molar-refractivity contribution in [3.63, 3.8) is 0 Å². The largest absolute Gasteiger partial charge is 0.321 e. The lowest BCUT2D eigenvalue weighted by atomic mass is 10.4. The number of rotatable bonds is 2. The van der Waals surface area contributed by atoms with Crippen molar-refractivity contribution >= 4 is 27.4 Å². The van der Waals surface area contributed by atoms with Crippen LogP contribution in [0.4, 0.5) is 0 Å². The molecule has 0 bridgehead atoms. The Labute approximate surface area is 50.5 Å². The highest BCUT2D eigenvalue weighted by atomic mass is 32.1. The fraction of sp³-hybridized carbons (Fsp3) is 0.667. The average molecular weight is 137 g/mol. The van der Waals surface area contributed by atoms with Crippen LogP contribution >= 0.6 is 21.9 Å². The lowest BCUT2D eigenvalue weighted by Crippen LogP contribution is -2.27. The number of carbonyl (C=O) groups is 1. The third-order valence-corrected chi connectivity index (χ3v) is 1.38. The summed E-state index contributed by atoms with van der Waals surface area (Å²) in [5, 5.41) is 0. The molecule has 0 aromatic rings. The predicted molar refractivity (Wildman–Crippen MR) is 36.5 cm³/mol. The predicted octanol–water partition coefficient (Wildman–Crippen LogP) is -0.355. The first-order valence-corrected chi connectivity index (χ1v) is 3.05. The Morgan fingerprint density at radius 2 is 2.43 bits per heavy atom. The topological polar surface area (TPSA) is 43.1 Å². The van der Waals surface area contributed by atoms with Crippen LogP contribution in [0.25, 0.3) is 0 Å². The molecular formula is C3H8NOPS. The highest BCUT2D eigenvalue weighted by molar-refractivity contribution is 7.80. The number of thiol groups is 1. The van der Waals surface area contributed by atoms with E-state index in [4.69, 9.17) is 5.73 Å². The minimum absolute atomic E-state index is 0.0880. The van der Waals surface area contributed by atoms with Crippen LogP contribution in [-0.2, 0) is 4.79 Å². The Morgan fingerprint density at radius 3 is 2.43 bits per heavy atom. The van der Waals surface area contributed by atoms with Gasteiger partial charge >= 0.3 is 0 Å². The van der Waals surface area contributed by atoms with E-state index < -0.39 is 6.04 Å². The van der Waals surface area contributed by atoms with Crippen LogP contribution in [0.3, 0.4) is 0 Å². The zero-order valence-electron chi connectivity index (χ0n) is 3.79. The number of carbonyl (C=O) groups excluding carboxylic acids is 1. The summed E-state index contributed by atoms with van der Waals surface area (Å²) in [5.74, 6) is 0.419. The van der Waals surface area contributed by atoms with Crippen molar-refractivity contribution < 1.29 is 4.79 Å². The molecule has 0 fully saturated rings. The van der Waals surface area contributed by atoms with E-state index in [-0.39, 0.29) is 5.52 Å². The summed E-state index contributed by atoms with van der Waals surface area (Å²) in [6.07, 6.45) is 0. The molecule has 0 aromatic heterocycles. The maximum absolute atomic E-state index is 10.2. The molecule has 0 spiro atoms. The van der Waals surface area contributed by atoms with Crippen molar-refractivity contribution in [1.82, 2.24) is 0 Å². The molecule has 2 N–H and O–H groups in total. The van der Waals surface area contributed by atoms with Crippen molar-refractivity contribution in [1.29, 1.82) is 0 Å². The van der Waals surface area contributed by atoms with Crippen LogP contribution in [0.2, 0.25) is 0 Å². The normalized spacial score (nSPS) is 13.6. The molecule has 0 radical (unpaired) electrons. The summed E-state index contributed by atoms with van der Waals surface area (Å²) >= 11 is 3.80. The van der Waals surface area contributed by atoms with Crippen molar-refractivity contribution in [3.05, 3.63) is 0 Å². The molecule has 7 heavy (non-hydrogen) atoms. The van der Waals surface area contributed by atoms with Gasteiger partial charge in [-0.1, -0.05) is 9.24 Å². The minimum Gasteiger partial charge on any atom is -0.321 e. The van der Waals surface area contributed by atoms with Gasteiger partial charge < -0.3 is 5.73 Å². The molecule has 2 unspecified atom stereocenters. The Morgan fingerprint density at radius 1 is 2.00 bits per heavy atom. The summed E-state index contributed by atoms with van der Waals surface area (Å²) in [7, 11) is 2.00. The van der Waals surface area contributed by atoms with Gasteiger partial charge in [-0.15, -0.1) is 0 Å². The Hall–Kier alpha value is 0.410. The van der Waals surface area contributed by atoms with Gasteiger partial charge in [0.25, 0.3) is 0 Å². The smallest absolute Gasteiger partial charge is 0.165 e. The molecule has 0 saturated heterocycles. The van der Waals surface area contributed by atoms with E-state index in [1.165, 1.54) is 0 Å². The molecule has 4 heteroatoms. The standard InChI is InChI=1S/C3H8NOPS/c4-2(1-7)3(5)6/h2,7H,1,4,6H2. The lowest BCUT2D eigenvalue weighted by Gasteiger charge is -1.98. The zero-order valence-corrected chi connectivity index (χ0v) is 5.84. The minimum atomic E-state index is -0.409. The molecule has 0 rings (SSSR count). The molecule has 2 nitrogen and oxygen atoms in total. The van der Waals surface area contributed by atoms with Crippen molar-refractivity contribution in [2.24, 2.45) is 5.73 Å². The van der Waals surface area contributed by atoms with Gasteiger partial charge in [0.15, 0.2) is 5.52 Å². The third kappa shape index (κ3) is 3.03. The van der Waals surface area contributed by atoms with E-state index in [1.54, 1.807) is 0 Å². The van der Waals surface area contributed by atoms with Gasteiger partial charge in [-0.05, 0) is 0 Å². The van der Waals surface area contributed by atoms with Gasteiger partial charge in [-0.2, -0.15) is 12.6 Å². The number of hydrogen-bond donors (Lipinski definition) is 2. The van der Waals surface area contributed by atoms with Crippen LogP contribution in [0.5, 0.6) is 0 Å². The fourth-order valence-corrected chi connectivity index (χ4v) is 0.586. The van der Waals surface area contributed by atoms with Crippen LogP contribution < -0.4 is 5.73 Å². The summed E-state index contributed by atoms with van der Waals surface area (Å²) in [6, 6.07) is -0.409. The number of hydrogen-bond acceptors (Lipinski definition) is 3. The molecule has 0 aliphatic heterocycles. The van der Waals surface area contributed by atoms with Crippen molar-refractivity contribution in [2.45, 2.75) is 6.04 Å². The highest BCUT2D eigenvalue weighted by Gasteiger charge is 2.02. The van der Waals surface area contributed by atoms with Crippen LogP contribution in [-0.4, -0.2) is 17.3 Å². The molecular weight excluding hydrogens is 129 g/mol. The Balaban J connectivity index is 3.34. The summed E-state index contributed by atoms with van der Waals surface area (Å²) in [4.78, 5) is 10.2.